The number of piperidine rings is 1. The first-order valence-corrected chi connectivity index (χ1v) is 7.26. The van der Waals surface area contributed by atoms with Gasteiger partial charge in [-0.15, -0.1) is 0 Å². The van der Waals surface area contributed by atoms with Gasteiger partial charge in [0.2, 0.25) is 0 Å². The fourth-order valence-corrected chi connectivity index (χ4v) is 2.56. The molecule has 2 amide bonds. The molecule has 20 heavy (non-hydrogen) atoms. The predicted molar refractivity (Wildman–Crippen MR) is 77.7 cm³/mol. The van der Waals surface area contributed by atoms with Gasteiger partial charge in [0.1, 0.15) is 6.04 Å². The summed E-state index contributed by atoms with van der Waals surface area (Å²) in [4.78, 5) is 27.2. The quantitative estimate of drug-likeness (QED) is 0.796. The van der Waals surface area contributed by atoms with Crippen molar-refractivity contribution in [3.05, 3.63) is 0 Å². The third-order valence-electron chi connectivity index (χ3n) is 3.77. The number of carbonyl (C=O) groups excluding carboxylic acids is 1. The maximum Gasteiger partial charge on any atom is 0.326 e. The Morgan fingerprint density at radius 1 is 1.45 bits per heavy atom. The second kappa shape index (κ2) is 7.47. The molecular weight excluding hydrogens is 258 g/mol. The summed E-state index contributed by atoms with van der Waals surface area (Å²) in [6, 6.07) is -0.952. The molecule has 0 bridgehead atoms. The minimum Gasteiger partial charge on any atom is -0.480 e. The number of nitrogens with one attached hydrogen (secondary N) is 1. The monoisotopic (exact) mass is 285 g/mol. The second-order valence-electron chi connectivity index (χ2n) is 6.14. The van der Waals surface area contributed by atoms with Crippen molar-refractivity contribution < 1.29 is 14.7 Å². The third kappa shape index (κ3) is 5.00. The summed E-state index contributed by atoms with van der Waals surface area (Å²) >= 11 is 0. The van der Waals surface area contributed by atoms with Crippen LogP contribution in [-0.4, -0.2) is 66.2 Å². The molecule has 0 saturated carbocycles. The number of likely N-dealkylation sites (tertiary alicyclic amines) is 1. The molecule has 6 heteroatoms. The van der Waals surface area contributed by atoms with Crippen LogP contribution >= 0.6 is 0 Å². The van der Waals surface area contributed by atoms with Crippen LogP contribution in [0.3, 0.4) is 0 Å². The number of hydrogen-bond acceptors (Lipinski definition) is 3. The molecule has 0 aromatic carbocycles. The van der Waals surface area contributed by atoms with Crippen molar-refractivity contribution in [1.29, 1.82) is 0 Å². The van der Waals surface area contributed by atoms with E-state index >= 15 is 0 Å². The predicted octanol–water partition coefficient (Wildman–Crippen LogP) is 1.22. The van der Waals surface area contributed by atoms with E-state index in [4.69, 9.17) is 5.11 Å². The molecule has 1 saturated heterocycles. The van der Waals surface area contributed by atoms with Gasteiger partial charge in [-0.2, -0.15) is 0 Å². The zero-order chi connectivity index (χ0) is 15.3. The van der Waals surface area contributed by atoms with Gasteiger partial charge in [0.25, 0.3) is 0 Å². The minimum absolute atomic E-state index is 0.155. The minimum atomic E-state index is -0.971. The summed E-state index contributed by atoms with van der Waals surface area (Å²) in [7, 11) is 3.78. The Morgan fingerprint density at radius 2 is 2.10 bits per heavy atom. The molecular formula is C14H27N3O3. The lowest BCUT2D eigenvalue weighted by molar-refractivity contribution is -0.139. The summed E-state index contributed by atoms with van der Waals surface area (Å²) in [6.45, 7) is 5.78. The van der Waals surface area contributed by atoms with E-state index in [-0.39, 0.29) is 18.0 Å². The van der Waals surface area contributed by atoms with Crippen LogP contribution in [0.4, 0.5) is 4.79 Å². The normalized spacial score (nSPS) is 21.6. The van der Waals surface area contributed by atoms with Gasteiger partial charge in [0, 0.05) is 19.6 Å². The summed E-state index contributed by atoms with van der Waals surface area (Å²) < 4.78 is 0. The first kappa shape index (κ1) is 16.8. The summed E-state index contributed by atoms with van der Waals surface area (Å²) in [5.74, 6) is -0.747. The molecule has 0 spiro atoms. The molecule has 1 heterocycles. The molecule has 1 aliphatic rings. The SMILES string of the molecule is CC(C)CC(NC(=O)N(C)C1CCCN(C)C1)C(=O)O. The average molecular weight is 285 g/mol. The van der Waals surface area contributed by atoms with E-state index in [1.54, 1.807) is 11.9 Å². The molecule has 6 nitrogen and oxygen atoms in total. The highest BCUT2D eigenvalue weighted by atomic mass is 16.4. The summed E-state index contributed by atoms with van der Waals surface area (Å²) in [5.41, 5.74) is 0. The number of urea groups is 1. The van der Waals surface area contributed by atoms with E-state index in [9.17, 15) is 9.59 Å². The molecule has 2 atom stereocenters. The first-order chi connectivity index (χ1) is 9.31. The molecule has 0 radical (unpaired) electrons. The number of amides is 2. The summed E-state index contributed by atoms with van der Waals surface area (Å²) in [5, 5.41) is 11.8. The Bertz CT molecular complexity index is 347. The van der Waals surface area contributed by atoms with E-state index in [1.807, 2.05) is 20.9 Å². The van der Waals surface area contributed by atoms with E-state index < -0.39 is 12.0 Å². The first-order valence-electron chi connectivity index (χ1n) is 7.26. The lowest BCUT2D eigenvalue weighted by atomic mass is 10.0. The van der Waals surface area contributed by atoms with E-state index in [0.29, 0.717) is 6.42 Å². The van der Waals surface area contributed by atoms with Crippen molar-refractivity contribution in [3.63, 3.8) is 0 Å². The number of carboxylic acids is 1. The molecule has 1 fully saturated rings. The molecule has 1 rings (SSSR count). The lowest BCUT2D eigenvalue weighted by Gasteiger charge is -2.36. The van der Waals surface area contributed by atoms with Crippen molar-refractivity contribution in [2.24, 2.45) is 5.92 Å². The average Bonchev–Trinajstić information content (AvgIpc) is 2.36. The number of hydrogen-bond donors (Lipinski definition) is 2. The zero-order valence-corrected chi connectivity index (χ0v) is 12.9. The highest BCUT2D eigenvalue weighted by Gasteiger charge is 2.28. The second-order valence-corrected chi connectivity index (χ2v) is 6.14. The lowest BCUT2D eigenvalue weighted by Crippen LogP contribution is -2.53. The van der Waals surface area contributed by atoms with Gasteiger partial charge in [-0.3, -0.25) is 0 Å². The van der Waals surface area contributed by atoms with Gasteiger partial charge < -0.3 is 20.2 Å². The molecule has 1 aliphatic heterocycles. The zero-order valence-electron chi connectivity index (χ0n) is 12.9. The van der Waals surface area contributed by atoms with Crippen molar-refractivity contribution in [2.45, 2.75) is 45.2 Å². The Hall–Kier alpha value is -1.30. The number of rotatable bonds is 5. The Balaban J connectivity index is 2.56. The van der Waals surface area contributed by atoms with Gasteiger partial charge in [0.05, 0.1) is 0 Å². The van der Waals surface area contributed by atoms with Crippen LogP contribution in [0.25, 0.3) is 0 Å². The van der Waals surface area contributed by atoms with Gasteiger partial charge in [-0.25, -0.2) is 9.59 Å². The fourth-order valence-electron chi connectivity index (χ4n) is 2.56. The maximum atomic E-state index is 12.2. The number of carboxylic acid groups (broad SMARTS) is 1. The molecule has 2 unspecified atom stereocenters. The van der Waals surface area contributed by atoms with Gasteiger partial charge in [-0.05, 0) is 38.8 Å². The van der Waals surface area contributed by atoms with Crippen LogP contribution in [0.15, 0.2) is 0 Å². The van der Waals surface area contributed by atoms with Crippen molar-refractivity contribution in [3.8, 4) is 0 Å². The largest absolute Gasteiger partial charge is 0.480 e. The number of carbonyl (C=O) groups is 2. The highest BCUT2D eigenvalue weighted by Crippen LogP contribution is 2.14. The van der Waals surface area contributed by atoms with Crippen molar-refractivity contribution in [1.82, 2.24) is 15.1 Å². The molecule has 0 aromatic rings. The number of aliphatic carboxylic acids is 1. The fraction of sp³-hybridized carbons (Fsp3) is 0.857. The topological polar surface area (TPSA) is 72.9 Å². The van der Waals surface area contributed by atoms with Crippen molar-refractivity contribution >= 4 is 12.0 Å². The van der Waals surface area contributed by atoms with Gasteiger partial charge in [0.15, 0.2) is 0 Å². The molecule has 0 aliphatic carbocycles. The van der Waals surface area contributed by atoms with Crippen LogP contribution in [0, 0.1) is 5.92 Å². The number of nitrogens with zero attached hydrogens (tertiary/aromatic N) is 2. The maximum absolute atomic E-state index is 12.2. The highest BCUT2D eigenvalue weighted by molar-refractivity contribution is 5.82. The van der Waals surface area contributed by atoms with Crippen LogP contribution in [0.1, 0.15) is 33.1 Å². The van der Waals surface area contributed by atoms with Gasteiger partial charge >= 0.3 is 12.0 Å². The standard InChI is InChI=1S/C14H27N3O3/c1-10(2)8-12(13(18)19)15-14(20)17(4)11-6-5-7-16(3)9-11/h10-12H,5-9H2,1-4H3,(H,15,20)(H,18,19). The number of likely N-dealkylation sites (N-methyl/N-ethyl adjacent to an activating group) is 2. The Kier molecular flexibility index (Phi) is 6.26. The molecule has 0 aromatic heterocycles. The molecule has 2 N–H and O–H groups in total. The van der Waals surface area contributed by atoms with Gasteiger partial charge in [-0.1, -0.05) is 13.8 Å². The van der Waals surface area contributed by atoms with Crippen LogP contribution in [0.5, 0.6) is 0 Å². The van der Waals surface area contributed by atoms with E-state index in [2.05, 4.69) is 10.2 Å². The Labute approximate surface area is 121 Å². The van der Waals surface area contributed by atoms with Crippen LogP contribution in [-0.2, 0) is 4.79 Å². The smallest absolute Gasteiger partial charge is 0.326 e. The molecule has 116 valence electrons. The summed E-state index contributed by atoms with van der Waals surface area (Å²) in [6.07, 6.45) is 2.48. The third-order valence-corrected chi connectivity index (χ3v) is 3.77. The van der Waals surface area contributed by atoms with Crippen LogP contribution < -0.4 is 5.32 Å². The van der Waals surface area contributed by atoms with Crippen molar-refractivity contribution in [2.75, 3.05) is 27.2 Å². The van der Waals surface area contributed by atoms with Crippen LogP contribution in [0.2, 0.25) is 0 Å². The Morgan fingerprint density at radius 3 is 2.60 bits per heavy atom. The van der Waals surface area contributed by atoms with E-state index in [1.165, 1.54) is 0 Å². The van der Waals surface area contributed by atoms with E-state index in [0.717, 1.165) is 25.9 Å².